The van der Waals surface area contributed by atoms with E-state index in [1.165, 1.54) is 18.2 Å². The summed E-state index contributed by atoms with van der Waals surface area (Å²) in [5.74, 6) is 0.225. The van der Waals surface area contributed by atoms with Crippen LogP contribution in [0.3, 0.4) is 0 Å². The molecule has 23 heavy (non-hydrogen) atoms. The van der Waals surface area contributed by atoms with Crippen LogP contribution in [0.4, 0.5) is 0 Å². The summed E-state index contributed by atoms with van der Waals surface area (Å²) in [7, 11) is -1.48. The molecular weight excluding hydrogens is 357 g/mol. The molecule has 1 aliphatic heterocycles. The molecule has 1 aliphatic rings. The molecule has 8 heteroatoms. The number of rotatable bonds is 6. The average Bonchev–Trinajstić information content (AvgIpc) is 2.47. The summed E-state index contributed by atoms with van der Waals surface area (Å²) in [5, 5.41) is 0.617. The SMILES string of the molecule is CC(CNS(=O)(=O)c1cc(Cl)cc(Cl)c1)CN1CCN(C)CC1. The van der Waals surface area contributed by atoms with Gasteiger partial charge < -0.3 is 9.80 Å². The lowest BCUT2D eigenvalue weighted by atomic mass is 10.1. The van der Waals surface area contributed by atoms with Gasteiger partial charge in [-0.15, -0.1) is 0 Å². The molecule has 2 rings (SSSR count). The molecule has 1 aromatic rings. The molecule has 1 unspecified atom stereocenters. The lowest BCUT2D eigenvalue weighted by Crippen LogP contribution is -2.46. The molecule has 1 aromatic carbocycles. The van der Waals surface area contributed by atoms with Crippen molar-refractivity contribution in [3.05, 3.63) is 28.2 Å². The van der Waals surface area contributed by atoms with Crippen molar-refractivity contribution in [3.63, 3.8) is 0 Å². The minimum absolute atomic E-state index is 0.0989. The first-order valence-electron chi connectivity index (χ1n) is 7.63. The first kappa shape index (κ1) is 19.0. The minimum atomic E-state index is -3.60. The second-order valence-corrected chi connectivity index (χ2v) is 8.81. The van der Waals surface area contributed by atoms with Gasteiger partial charge in [-0.1, -0.05) is 30.1 Å². The maximum Gasteiger partial charge on any atom is 0.240 e. The molecule has 0 aromatic heterocycles. The van der Waals surface area contributed by atoms with Crippen molar-refractivity contribution in [1.29, 1.82) is 0 Å². The Balaban J connectivity index is 1.88. The first-order chi connectivity index (χ1) is 10.8. The van der Waals surface area contributed by atoms with Crippen molar-refractivity contribution < 1.29 is 8.42 Å². The Kier molecular flexibility index (Phi) is 6.71. The van der Waals surface area contributed by atoms with Crippen molar-refractivity contribution in [2.75, 3.05) is 46.3 Å². The highest BCUT2D eigenvalue weighted by molar-refractivity contribution is 7.89. The van der Waals surface area contributed by atoms with Crippen molar-refractivity contribution in [2.24, 2.45) is 5.92 Å². The van der Waals surface area contributed by atoms with Gasteiger partial charge in [0.05, 0.1) is 4.90 Å². The first-order valence-corrected chi connectivity index (χ1v) is 9.87. The van der Waals surface area contributed by atoms with Crippen molar-refractivity contribution in [2.45, 2.75) is 11.8 Å². The number of hydrogen-bond acceptors (Lipinski definition) is 4. The lowest BCUT2D eigenvalue weighted by molar-refractivity contribution is 0.139. The molecule has 1 N–H and O–H groups in total. The number of hydrogen-bond donors (Lipinski definition) is 1. The third-order valence-electron chi connectivity index (χ3n) is 3.93. The Hall–Kier alpha value is -0.370. The van der Waals surface area contributed by atoms with Gasteiger partial charge >= 0.3 is 0 Å². The van der Waals surface area contributed by atoms with Crippen molar-refractivity contribution >= 4 is 33.2 Å². The number of nitrogens with zero attached hydrogens (tertiary/aromatic N) is 2. The molecule has 0 spiro atoms. The van der Waals surface area contributed by atoms with E-state index in [0.717, 1.165) is 32.7 Å². The number of piperazine rings is 1. The largest absolute Gasteiger partial charge is 0.304 e. The van der Waals surface area contributed by atoms with Crippen LogP contribution in [0.25, 0.3) is 0 Å². The fourth-order valence-corrected chi connectivity index (χ4v) is 4.45. The van der Waals surface area contributed by atoms with Crippen LogP contribution in [-0.2, 0) is 10.0 Å². The normalized spacial score (nSPS) is 19.0. The minimum Gasteiger partial charge on any atom is -0.304 e. The van der Waals surface area contributed by atoms with Crippen LogP contribution in [0, 0.1) is 5.92 Å². The van der Waals surface area contributed by atoms with E-state index in [1.54, 1.807) is 0 Å². The summed E-state index contributed by atoms with van der Waals surface area (Å²) in [6.45, 7) is 7.48. The molecule has 1 saturated heterocycles. The number of likely N-dealkylation sites (N-methyl/N-ethyl adjacent to an activating group) is 1. The van der Waals surface area contributed by atoms with Crippen LogP contribution in [0.5, 0.6) is 0 Å². The average molecular weight is 380 g/mol. The van der Waals surface area contributed by atoms with Crippen LogP contribution in [0.2, 0.25) is 10.0 Å². The van der Waals surface area contributed by atoms with Gasteiger partial charge in [0.15, 0.2) is 0 Å². The Morgan fingerprint density at radius 3 is 2.26 bits per heavy atom. The van der Waals surface area contributed by atoms with Gasteiger partial charge in [-0.3, -0.25) is 0 Å². The predicted octanol–water partition coefficient (Wildman–Crippen LogP) is 2.16. The van der Waals surface area contributed by atoms with Gasteiger partial charge in [-0.2, -0.15) is 0 Å². The number of benzene rings is 1. The van der Waals surface area contributed by atoms with Crippen LogP contribution < -0.4 is 4.72 Å². The predicted molar refractivity (Wildman–Crippen MR) is 94.8 cm³/mol. The van der Waals surface area contributed by atoms with Gasteiger partial charge in [0, 0.05) is 49.3 Å². The summed E-state index contributed by atoms with van der Waals surface area (Å²) in [5.41, 5.74) is 0. The van der Waals surface area contributed by atoms with E-state index in [0.29, 0.717) is 16.6 Å². The van der Waals surface area contributed by atoms with E-state index in [-0.39, 0.29) is 10.8 Å². The lowest BCUT2D eigenvalue weighted by Gasteiger charge is -2.33. The molecule has 0 saturated carbocycles. The molecule has 1 atom stereocenters. The third kappa shape index (κ3) is 5.89. The van der Waals surface area contributed by atoms with Crippen LogP contribution >= 0.6 is 23.2 Å². The van der Waals surface area contributed by atoms with E-state index in [4.69, 9.17) is 23.2 Å². The summed E-state index contributed by atoms with van der Waals surface area (Å²) in [6.07, 6.45) is 0. The molecule has 130 valence electrons. The van der Waals surface area contributed by atoms with Crippen LogP contribution in [0.15, 0.2) is 23.1 Å². The molecule has 0 bridgehead atoms. The maximum atomic E-state index is 12.3. The van der Waals surface area contributed by atoms with Crippen LogP contribution in [0.1, 0.15) is 6.92 Å². The molecule has 0 aliphatic carbocycles. The third-order valence-corrected chi connectivity index (χ3v) is 5.77. The van der Waals surface area contributed by atoms with Crippen molar-refractivity contribution in [1.82, 2.24) is 14.5 Å². The second kappa shape index (κ2) is 8.14. The molecule has 5 nitrogen and oxygen atoms in total. The van der Waals surface area contributed by atoms with E-state index >= 15 is 0 Å². The zero-order valence-electron chi connectivity index (χ0n) is 13.4. The highest BCUT2D eigenvalue weighted by Crippen LogP contribution is 2.22. The van der Waals surface area contributed by atoms with Gasteiger partial charge in [0.1, 0.15) is 0 Å². The maximum absolute atomic E-state index is 12.3. The van der Waals surface area contributed by atoms with Crippen molar-refractivity contribution in [3.8, 4) is 0 Å². The molecule has 1 fully saturated rings. The van der Waals surface area contributed by atoms with E-state index in [9.17, 15) is 8.42 Å². The zero-order chi connectivity index (χ0) is 17.0. The molecular formula is C15H23Cl2N3O2S. The molecule has 1 heterocycles. The molecule has 0 radical (unpaired) electrons. The van der Waals surface area contributed by atoms with Gasteiger partial charge in [0.25, 0.3) is 0 Å². The quantitative estimate of drug-likeness (QED) is 0.822. The Morgan fingerprint density at radius 1 is 1.13 bits per heavy atom. The molecule has 0 amide bonds. The zero-order valence-corrected chi connectivity index (χ0v) is 15.8. The highest BCUT2D eigenvalue weighted by atomic mass is 35.5. The number of sulfonamides is 1. The summed E-state index contributed by atoms with van der Waals surface area (Å²) >= 11 is 11.7. The summed E-state index contributed by atoms with van der Waals surface area (Å²) in [6, 6.07) is 4.32. The number of nitrogens with one attached hydrogen (secondary N) is 1. The van der Waals surface area contributed by atoms with Gasteiger partial charge in [0.2, 0.25) is 10.0 Å². The Bertz CT molecular complexity index is 611. The topological polar surface area (TPSA) is 52.7 Å². The Morgan fingerprint density at radius 2 is 1.70 bits per heavy atom. The smallest absolute Gasteiger partial charge is 0.240 e. The van der Waals surface area contributed by atoms with Gasteiger partial charge in [-0.25, -0.2) is 13.1 Å². The van der Waals surface area contributed by atoms with Gasteiger partial charge in [-0.05, 0) is 31.2 Å². The monoisotopic (exact) mass is 379 g/mol. The fourth-order valence-electron chi connectivity index (χ4n) is 2.55. The fraction of sp³-hybridized carbons (Fsp3) is 0.600. The highest BCUT2D eigenvalue weighted by Gasteiger charge is 2.19. The summed E-state index contributed by atoms with van der Waals surface area (Å²) in [4.78, 5) is 4.77. The van der Waals surface area contributed by atoms with E-state index in [2.05, 4.69) is 21.6 Å². The second-order valence-electron chi connectivity index (χ2n) is 6.17. The number of halogens is 2. The van der Waals surface area contributed by atoms with Crippen LogP contribution in [-0.4, -0.2) is 64.5 Å². The summed E-state index contributed by atoms with van der Waals surface area (Å²) < 4.78 is 27.3. The Labute approximate surface area is 148 Å². The van der Waals surface area contributed by atoms with E-state index in [1.807, 2.05) is 6.92 Å². The van der Waals surface area contributed by atoms with E-state index < -0.39 is 10.0 Å². The standard InChI is InChI=1S/C15H23Cl2N3O2S/c1-12(11-20-5-3-19(2)4-6-20)10-18-23(21,22)15-8-13(16)7-14(17)9-15/h7-9,12,18H,3-6,10-11H2,1-2H3.